The normalized spacial score (nSPS) is 40.1. The zero-order valence-electron chi connectivity index (χ0n) is 38.7. The fraction of sp³-hybridized carbons (Fsp3) is 0.976. The number of unbranched alkanes of at least 4 members (excludes halogenated alkanes) is 5. The van der Waals surface area contributed by atoms with Crippen LogP contribution in [0.5, 0.6) is 0 Å². The van der Waals surface area contributed by atoms with Gasteiger partial charge in [0.15, 0.2) is 25.2 Å². The van der Waals surface area contributed by atoms with Crippen molar-refractivity contribution in [2.45, 2.75) is 188 Å². The molecular weight excluding hydrogens is 919 g/mol. The van der Waals surface area contributed by atoms with Crippen LogP contribution < -0.4 is 5.32 Å². The van der Waals surface area contributed by atoms with Crippen LogP contribution in [0.2, 0.25) is 6.04 Å². The molecule has 0 aromatic carbocycles. The third-order valence-electron chi connectivity index (χ3n) is 12.6. The number of nitrogens with one attached hydrogen (secondary N) is 1. The number of ether oxygens (including phenoxy) is 8. The summed E-state index contributed by atoms with van der Waals surface area (Å²) in [6.45, 7) is 1.99. The minimum atomic E-state index is -2.55. The molecule has 0 aliphatic carbocycles. The Hall–Kier alpha value is -0.803. The van der Waals surface area contributed by atoms with Crippen LogP contribution in [0.4, 0.5) is 0 Å². The van der Waals surface area contributed by atoms with E-state index in [9.17, 15) is 55.9 Å². The average Bonchev–Trinajstić information content (AvgIpc) is 3.30. The van der Waals surface area contributed by atoms with Crippen molar-refractivity contribution in [1.29, 1.82) is 0 Å². The van der Waals surface area contributed by atoms with Crippen molar-refractivity contribution < 1.29 is 107 Å². The Morgan fingerprint density at radius 3 is 1.68 bits per heavy atom. The SMILES string of the molecule is CO[Si](CCCSCCCCCCCCO[C@@H]1OC(CO)[C@H](O)[C@H](O[C@@H]2OC(CO)[C@H](O)[C@H](O[C@@H]3OC(CO)[C@H](O)[C@H](O)C3C)C2O[C@@H]2OC(C)[C@H](O)[C@@H](O)C2O)C1NC(C)=O)(OC)OC. The van der Waals surface area contributed by atoms with Gasteiger partial charge in [-0.1, -0.05) is 32.6 Å². The Morgan fingerprint density at radius 2 is 1.08 bits per heavy atom. The van der Waals surface area contributed by atoms with Gasteiger partial charge in [0.25, 0.3) is 0 Å². The molecule has 4 rings (SSSR count). The smallest absolute Gasteiger partial charge is 0.394 e. The molecule has 0 spiro atoms. The van der Waals surface area contributed by atoms with Crippen LogP contribution in [0.1, 0.15) is 65.7 Å². The number of hydrogen-bond donors (Lipinski definition) is 11. The highest BCUT2D eigenvalue weighted by Gasteiger charge is 2.56. The molecule has 25 heteroatoms. The van der Waals surface area contributed by atoms with Gasteiger partial charge in [-0.3, -0.25) is 4.79 Å². The molecule has 66 heavy (non-hydrogen) atoms. The predicted octanol–water partition coefficient (Wildman–Crippen LogP) is -2.94. The van der Waals surface area contributed by atoms with E-state index in [4.69, 9.17) is 51.2 Å². The molecule has 0 aromatic heterocycles. The minimum Gasteiger partial charge on any atom is -0.394 e. The first-order valence-corrected chi connectivity index (χ1v) is 25.9. The van der Waals surface area contributed by atoms with Crippen LogP contribution in [-0.4, -0.2) is 242 Å². The summed E-state index contributed by atoms with van der Waals surface area (Å²) in [5.41, 5.74) is 0. The lowest BCUT2D eigenvalue weighted by Gasteiger charge is -2.51. The number of amides is 1. The van der Waals surface area contributed by atoms with Gasteiger partial charge in [0.05, 0.1) is 32.0 Å². The van der Waals surface area contributed by atoms with Crippen molar-refractivity contribution in [1.82, 2.24) is 5.32 Å². The largest absolute Gasteiger partial charge is 0.500 e. The second-order valence-electron chi connectivity index (χ2n) is 17.2. The van der Waals surface area contributed by atoms with Crippen LogP contribution in [0.15, 0.2) is 0 Å². The molecule has 0 bridgehead atoms. The van der Waals surface area contributed by atoms with Crippen molar-refractivity contribution in [2.75, 3.05) is 59.3 Å². The summed E-state index contributed by atoms with van der Waals surface area (Å²) in [6, 6.07) is -0.505. The fourth-order valence-corrected chi connectivity index (χ4v) is 11.4. The Bertz CT molecular complexity index is 1370. The summed E-state index contributed by atoms with van der Waals surface area (Å²) in [5, 5.41) is 110. The summed E-state index contributed by atoms with van der Waals surface area (Å²) in [4.78, 5) is 12.7. The maximum Gasteiger partial charge on any atom is 0.500 e. The lowest BCUT2D eigenvalue weighted by atomic mass is 9.91. The number of aliphatic hydroxyl groups is 10. The standard InChI is InChI=1S/C41H77NO22SSi/c1-21-28(47)30(49)24(18-43)59-38(21)63-36-32(51)26(20-45)61-41(37(36)64-40-34(53)33(52)29(48)22(2)58-40)62-35-27(42-23(3)46)39(60-25(19-44)31(35)50)57-14-11-9-7-8-10-12-15-65-16-13-17-66(54-4,55-5)56-6/h21-22,24-41,43-45,47-53H,7-20H2,1-6H3,(H,42,46)/t21?,22?,24?,25?,26?,27?,28-,29+,30+,31+,32+,33-,34?,35-,36+,37?,38+,39-,40+,41+/m1/s1. The number of carbonyl (C=O) groups is 1. The molecule has 4 saturated heterocycles. The molecule has 23 nitrogen and oxygen atoms in total. The molecule has 8 unspecified atom stereocenters. The summed E-state index contributed by atoms with van der Waals surface area (Å²) in [5.74, 6) is 0.467. The Labute approximate surface area is 391 Å². The van der Waals surface area contributed by atoms with E-state index in [0.29, 0.717) is 6.42 Å². The molecule has 4 heterocycles. The Balaban J connectivity index is 1.47. The van der Waals surface area contributed by atoms with Gasteiger partial charge in [-0.15, -0.1) is 0 Å². The number of rotatable bonds is 27. The van der Waals surface area contributed by atoms with Crippen LogP contribution in [-0.2, 0) is 56.0 Å². The van der Waals surface area contributed by atoms with E-state index in [1.165, 1.54) is 20.8 Å². The van der Waals surface area contributed by atoms with E-state index < -0.39 is 157 Å². The average molecular weight is 996 g/mol. The molecule has 4 aliphatic rings. The van der Waals surface area contributed by atoms with E-state index in [1.54, 1.807) is 21.3 Å². The van der Waals surface area contributed by atoms with Crippen LogP contribution in [0.3, 0.4) is 0 Å². The van der Waals surface area contributed by atoms with E-state index in [1.807, 2.05) is 11.8 Å². The number of aliphatic hydroxyl groups excluding tert-OH is 10. The first-order chi connectivity index (χ1) is 31.5. The molecule has 11 N–H and O–H groups in total. The van der Waals surface area contributed by atoms with Crippen LogP contribution in [0, 0.1) is 5.92 Å². The van der Waals surface area contributed by atoms with Gasteiger partial charge in [-0.05, 0) is 37.7 Å². The molecule has 0 aromatic rings. The highest BCUT2D eigenvalue weighted by Crippen LogP contribution is 2.37. The molecule has 0 saturated carbocycles. The minimum absolute atomic E-state index is 0.172. The van der Waals surface area contributed by atoms with Gasteiger partial charge in [0.1, 0.15) is 79.3 Å². The number of thioether (sulfide) groups is 1. The van der Waals surface area contributed by atoms with Gasteiger partial charge in [-0.25, -0.2) is 0 Å². The number of hydrogen-bond acceptors (Lipinski definition) is 23. The Morgan fingerprint density at radius 1 is 0.561 bits per heavy atom. The summed E-state index contributed by atoms with van der Waals surface area (Å²) >= 11 is 1.89. The summed E-state index contributed by atoms with van der Waals surface area (Å²) in [7, 11) is 2.29. The van der Waals surface area contributed by atoms with Gasteiger partial charge in [-0.2, -0.15) is 11.8 Å². The fourth-order valence-electron chi connectivity index (χ4n) is 8.44. The highest BCUT2D eigenvalue weighted by atomic mass is 32.2. The quantitative estimate of drug-likeness (QED) is 0.0290. The summed E-state index contributed by atoms with van der Waals surface area (Å²) in [6.07, 6.45) is -21.6. The summed E-state index contributed by atoms with van der Waals surface area (Å²) < 4.78 is 64.8. The predicted molar refractivity (Wildman–Crippen MR) is 232 cm³/mol. The third-order valence-corrected chi connectivity index (χ3v) is 16.5. The van der Waals surface area contributed by atoms with Crippen LogP contribution in [0.25, 0.3) is 0 Å². The van der Waals surface area contributed by atoms with Crippen LogP contribution >= 0.6 is 11.8 Å². The molecule has 388 valence electrons. The number of carbonyl (C=O) groups excluding carboxylic acids is 1. The topological polar surface area (TPSA) is 333 Å². The third kappa shape index (κ3) is 15.1. The second kappa shape index (κ2) is 28.3. The molecule has 4 aliphatic heterocycles. The maximum absolute atomic E-state index is 12.7. The molecule has 0 radical (unpaired) electrons. The first-order valence-electron chi connectivity index (χ1n) is 22.8. The van der Waals surface area contributed by atoms with E-state index in [0.717, 1.165) is 56.1 Å². The molecule has 4 fully saturated rings. The maximum atomic E-state index is 12.7. The lowest BCUT2D eigenvalue weighted by Crippen LogP contribution is -2.69. The highest BCUT2D eigenvalue weighted by molar-refractivity contribution is 7.99. The van der Waals surface area contributed by atoms with Crippen molar-refractivity contribution in [3.05, 3.63) is 0 Å². The zero-order valence-corrected chi connectivity index (χ0v) is 40.5. The first kappa shape index (κ1) is 57.8. The monoisotopic (exact) mass is 995 g/mol. The van der Waals surface area contributed by atoms with E-state index in [2.05, 4.69) is 5.32 Å². The van der Waals surface area contributed by atoms with Gasteiger partial charge in [0, 0.05) is 46.8 Å². The van der Waals surface area contributed by atoms with Crippen molar-refractivity contribution in [3.63, 3.8) is 0 Å². The zero-order chi connectivity index (χ0) is 48.7. The van der Waals surface area contributed by atoms with Crippen molar-refractivity contribution in [2.24, 2.45) is 5.92 Å². The van der Waals surface area contributed by atoms with Gasteiger partial charge in [0.2, 0.25) is 5.91 Å². The Kier molecular flexibility index (Phi) is 24.8. The van der Waals surface area contributed by atoms with Gasteiger partial charge < -0.3 is 108 Å². The van der Waals surface area contributed by atoms with E-state index in [-0.39, 0.29) is 6.61 Å². The van der Waals surface area contributed by atoms with E-state index >= 15 is 0 Å². The van der Waals surface area contributed by atoms with Gasteiger partial charge >= 0.3 is 8.80 Å². The molecular formula is C41H77NO22SSi. The second-order valence-corrected chi connectivity index (χ2v) is 21.5. The lowest BCUT2D eigenvalue weighted by molar-refractivity contribution is -0.399. The van der Waals surface area contributed by atoms with Crippen molar-refractivity contribution in [3.8, 4) is 0 Å². The molecule has 1 amide bonds. The molecule has 20 atom stereocenters. The van der Waals surface area contributed by atoms with Crippen molar-refractivity contribution >= 4 is 26.5 Å².